The number of aromatic nitrogens is 2. The minimum atomic E-state index is -1.47. The first-order valence-corrected chi connectivity index (χ1v) is 12.3. The summed E-state index contributed by atoms with van der Waals surface area (Å²) in [5.41, 5.74) is -0.495. The van der Waals surface area contributed by atoms with E-state index in [1.807, 2.05) is 41.4 Å². The van der Waals surface area contributed by atoms with Gasteiger partial charge in [-0.25, -0.2) is 8.78 Å². The number of hydrogen-bond acceptors (Lipinski definition) is 7. The van der Waals surface area contributed by atoms with Gasteiger partial charge in [0.05, 0.1) is 13.1 Å². The third-order valence-electron chi connectivity index (χ3n) is 6.16. The van der Waals surface area contributed by atoms with Crippen LogP contribution in [0.15, 0.2) is 60.9 Å². The number of carbonyl (C=O) groups excluding carboxylic acids is 1. The van der Waals surface area contributed by atoms with Gasteiger partial charge in [0.2, 0.25) is 5.91 Å². The highest BCUT2D eigenvalue weighted by Crippen LogP contribution is 2.22. The van der Waals surface area contributed by atoms with Crippen molar-refractivity contribution < 1.29 is 32.9 Å². The topological polar surface area (TPSA) is 89.3 Å². The average molecular weight is 531 g/mol. The van der Waals surface area contributed by atoms with Gasteiger partial charge in [0.25, 0.3) is 0 Å². The van der Waals surface area contributed by atoms with Gasteiger partial charge in [0.15, 0.2) is 11.6 Å². The Labute approximate surface area is 220 Å². The van der Waals surface area contributed by atoms with Crippen LogP contribution in [0.1, 0.15) is 5.56 Å². The Morgan fingerprint density at radius 2 is 1.89 bits per heavy atom. The van der Waals surface area contributed by atoms with Crippen molar-refractivity contribution in [3.63, 3.8) is 0 Å². The maximum atomic E-state index is 13.6. The minimum absolute atomic E-state index is 0.00590. The van der Waals surface area contributed by atoms with Gasteiger partial charge in [-0.15, -0.1) is 0 Å². The summed E-state index contributed by atoms with van der Waals surface area (Å²) in [6.45, 7) is 2.34. The molecule has 2 heterocycles. The summed E-state index contributed by atoms with van der Waals surface area (Å²) >= 11 is 0. The van der Waals surface area contributed by atoms with E-state index in [1.165, 1.54) is 18.1 Å². The molecule has 1 atom stereocenters. The van der Waals surface area contributed by atoms with Crippen LogP contribution in [-0.2, 0) is 22.6 Å². The van der Waals surface area contributed by atoms with Crippen molar-refractivity contribution in [1.29, 1.82) is 0 Å². The lowest BCUT2D eigenvalue weighted by molar-refractivity contribution is -0.138. The number of nitrogens with zero attached hydrogens (tertiary/aromatic N) is 4. The Morgan fingerprint density at radius 3 is 2.66 bits per heavy atom. The molecule has 1 aliphatic heterocycles. The smallest absolute Gasteiger partial charge is 0.248 e. The van der Waals surface area contributed by atoms with E-state index in [2.05, 4.69) is 5.10 Å². The van der Waals surface area contributed by atoms with Gasteiger partial charge >= 0.3 is 0 Å². The highest BCUT2D eigenvalue weighted by atomic mass is 19.2. The molecule has 9 nitrogen and oxygen atoms in total. The zero-order chi connectivity index (χ0) is 27.0. The number of benzene rings is 2. The summed E-state index contributed by atoms with van der Waals surface area (Å²) in [5.74, 6) is -1.48. The fourth-order valence-electron chi connectivity index (χ4n) is 4.36. The fourth-order valence-corrected chi connectivity index (χ4v) is 4.36. The SMILES string of the molecule is COCC(=O)N1CCN(Cc2cccc(OCCn3cccn3)c2)C[C@](O)(COc2ccc(F)c(F)c2)C1. The largest absolute Gasteiger partial charge is 0.492 e. The van der Waals surface area contributed by atoms with E-state index in [9.17, 15) is 18.7 Å². The van der Waals surface area contributed by atoms with Gasteiger partial charge in [-0.3, -0.25) is 14.4 Å². The van der Waals surface area contributed by atoms with Gasteiger partial charge in [0.1, 0.15) is 36.9 Å². The summed E-state index contributed by atoms with van der Waals surface area (Å²) in [6.07, 6.45) is 3.59. The van der Waals surface area contributed by atoms with E-state index in [1.54, 1.807) is 10.9 Å². The van der Waals surface area contributed by atoms with E-state index in [4.69, 9.17) is 14.2 Å². The molecule has 1 aliphatic rings. The van der Waals surface area contributed by atoms with Crippen LogP contribution in [0.5, 0.6) is 11.5 Å². The molecular formula is C27H32F2N4O5. The Hall–Kier alpha value is -3.54. The lowest BCUT2D eigenvalue weighted by atomic mass is 10.0. The van der Waals surface area contributed by atoms with E-state index in [0.717, 1.165) is 23.4 Å². The molecule has 204 valence electrons. The predicted octanol–water partition coefficient (Wildman–Crippen LogP) is 2.34. The van der Waals surface area contributed by atoms with Crippen LogP contribution in [0.25, 0.3) is 0 Å². The molecule has 2 aromatic carbocycles. The Morgan fingerprint density at radius 1 is 1.05 bits per heavy atom. The van der Waals surface area contributed by atoms with Crippen molar-refractivity contribution in [2.24, 2.45) is 0 Å². The van der Waals surface area contributed by atoms with Crippen molar-refractivity contribution in [2.45, 2.75) is 18.7 Å². The first-order valence-electron chi connectivity index (χ1n) is 12.3. The molecule has 1 N–H and O–H groups in total. The summed E-state index contributed by atoms with van der Waals surface area (Å²) in [5, 5.41) is 15.7. The molecule has 0 saturated carbocycles. The number of carbonyl (C=O) groups is 1. The summed E-state index contributed by atoms with van der Waals surface area (Å²) in [6, 6.07) is 12.7. The van der Waals surface area contributed by atoms with Crippen molar-refractivity contribution in [1.82, 2.24) is 19.6 Å². The average Bonchev–Trinajstić information content (AvgIpc) is 3.35. The van der Waals surface area contributed by atoms with E-state index < -0.39 is 17.2 Å². The normalized spacial score (nSPS) is 18.3. The number of ether oxygens (including phenoxy) is 3. The predicted molar refractivity (Wildman–Crippen MR) is 135 cm³/mol. The highest BCUT2D eigenvalue weighted by Gasteiger charge is 2.37. The zero-order valence-electron chi connectivity index (χ0n) is 21.3. The third-order valence-corrected chi connectivity index (χ3v) is 6.16. The van der Waals surface area contributed by atoms with Gasteiger partial charge in [0, 0.05) is 51.7 Å². The van der Waals surface area contributed by atoms with Gasteiger partial charge in [-0.05, 0) is 35.9 Å². The number of β-amino-alcohol motifs (C(OH)–C–C–N with tert-alkyl or cyclic N) is 1. The third kappa shape index (κ3) is 7.73. The molecule has 4 rings (SSSR count). The van der Waals surface area contributed by atoms with Crippen molar-refractivity contribution in [3.8, 4) is 11.5 Å². The molecule has 0 aliphatic carbocycles. The maximum absolute atomic E-state index is 13.6. The molecule has 11 heteroatoms. The van der Waals surface area contributed by atoms with Crippen LogP contribution < -0.4 is 9.47 Å². The summed E-state index contributed by atoms with van der Waals surface area (Å²) in [7, 11) is 1.44. The number of halogens is 2. The molecular weight excluding hydrogens is 498 g/mol. The second-order valence-electron chi connectivity index (χ2n) is 9.31. The number of methoxy groups -OCH3 is 1. The van der Waals surface area contributed by atoms with E-state index in [-0.39, 0.29) is 38.0 Å². The van der Waals surface area contributed by atoms with Crippen LogP contribution in [0, 0.1) is 11.6 Å². The molecule has 1 amide bonds. The molecule has 0 spiro atoms. The Bertz CT molecular complexity index is 1200. The Balaban J connectivity index is 1.43. The van der Waals surface area contributed by atoms with E-state index >= 15 is 0 Å². The number of aliphatic hydroxyl groups is 1. The van der Waals surface area contributed by atoms with Gasteiger partial charge in [-0.2, -0.15) is 5.10 Å². The van der Waals surface area contributed by atoms with Crippen LogP contribution in [0.4, 0.5) is 8.78 Å². The second kappa shape index (κ2) is 12.8. The Kier molecular flexibility index (Phi) is 9.27. The number of amides is 1. The molecule has 0 bridgehead atoms. The highest BCUT2D eigenvalue weighted by molar-refractivity contribution is 5.77. The first-order chi connectivity index (χ1) is 18.3. The minimum Gasteiger partial charge on any atom is -0.492 e. The molecule has 0 unspecified atom stereocenters. The number of hydrogen-bond donors (Lipinski definition) is 1. The van der Waals surface area contributed by atoms with Crippen LogP contribution in [0.3, 0.4) is 0 Å². The van der Waals surface area contributed by atoms with E-state index in [0.29, 0.717) is 32.8 Å². The molecule has 3 aromatic rings. The molecule has 1 fully saturated rings. The van der Waals surface area contributed by atoms with Crippen molar-refractivity contribution >= 4 is 5.91 Å². The van der Waals surface area contributed by atoms with Crippen LogP contribution in [0.2, 0.25) is 0 Å². The van der Waals surface area contributed by atoms with Gasteiger partial charge in [-0.1, -0.05) is 12.1 Å². The monoisotopic (exact) mass is 530 g/mol. The summed E-state index contributed by atoms with van der Waals surface area (Å²) < 4.78 is 45.2. The molecule has 38 heavy (non-hydrogen) atoms. The van der Waals surface area contributed by atoms with Crippen LogP contribution in [-0.4, -0.2) is 89.3 Å². The summed E-state index contributed by atoms with van der Waals surface area (Å²) in [4.78, 5) is 16.2. The van der Waals surface area contributed by atoms with Gasteiger partial charge < -0.3 is 24.2 Å². The number of rotatable bonds is 11. The maximum Gasteiger partial charge on any atom is 0.248 e. The zero-order valence-corrected chi connectivity index (χ0v) is 21.3. The molecule has 0 radical (unpaired) electrons. The lowest BCUT2D eigenvalue weighted by Gasteiger charge is -2.33. The van der Waals surface area contributed by atoms with Crippen molar-refractivity contribution in [2.75, 3.05) is 53.1 Å². The quantitative estimate of drug-likeness (QED) is 0.407. The lowest BCUT2D eigenvalue weighted by Crippen LogP contribution is -2.52. The second-order valence-corrected chi connectivity index (χ2v) is 9.31. The molecule has 1 aromatic heterocycles. The standard InChI is InChI=1S/C27H32F2N4O5/c1-36-17-26(34)32-11-10-31(18-27(35,19-32)20-38-23-6-7-24(28)25(29)15-23)16-21-4-2-5-22(14-21)37-13-12-33-9-3-8-30-33/h2-9,14-15,35H,10-13,16-20H2,1H3/t27-/m1/s1. The van der Waals surface area contributed by atoms with Crippen LogP contribution >= 0.6 is 0 Å². The fraction of sp³-hybridized carbons (Fsp3) is 0.407. The molecule has 1 saturated heterocycles. The first kappa shape index (κ1) is 27.5. The van der Waals surface area contributed by atoms with Crippen molar-refractivity contribution in [3.05, 3.63) is 78.1 Å².